The fourth-order valence-electron chi connectivity index (χ4n) is 1.84. The van der Waals surface area contributed by atoms with Gasteiger partial charge in [-0.1, -0.05) is 6.07 Å². The van der Waals surface area contributed by atoms with E-state index >= 15 is 0 Å². The van der Waals surface area contributed by atoms with Crippen LogP contribution in [0.2, 0.25) is 0 Å². The van der Waals surface area contributed by atoms with E-state index in [-0.39, 0.29) is 11.7 Å². The lowest BCUT2D eigenvalue weighted by Gasteiger charge is -2.20. The van der Waals surface area contributed by atoms with Crippen LogP contribution in [0, 0.1) is 12.8 Å². The van der Waals surface area contributed by atoms with Crippen LogP contribution in [-0.2, 0) is 4.74 Å². The van der Waals surface area contributed by atoms with Gasteiger partial charge in [0.05, 0.1) is 6.61 Å². The van der Waals surface area contributed by atoms with Crippen molar-refractivity contribution in [2.45, 2.75) is 19.8 Å². The molecule has 0 amide bonds. The largest absolute Gasteiger partial charge is 0.381 e. The van der Waals surface area contributed by atoms with Crippen molar-refractivity contribution in [1.82, 2.24) is 4.98 Å². The van der Waals surface area contributed by atoms with E-state index in [1.54, 1.807) is 6.07 Å². The molecule has 3 heteroatoms. The molecule has 1 saturated heterocycles. The molecular formula is C12H15NO2. The van der Waals surface area contributed by atoms with Crippen molar-refractivity contribution in [2.75, 3.05) is 13.2 Å². The highest BCUT2D eigenvalue weighted by Gasteiger charge is 2.23. The zero-order valence-corrected chi connectivity index (χ0v) is 8.90. The van der Waals surface area contributed by atoms with E-state index in [1.807, 2.05) is 19.1 Å². The van der Waals surface area contributed by atoms with Gasteiger partial charge in [-0.25, -0.2) is 0 Å². The van der Waals surface area contributed by atoms with E-state index in [0.29, 0.717) is 12.3 Å². The van der Waals surface area contributed by atoms with Gasteiger partial charge in [0.2, 0.25) is 0 Å². The van der Waals surface area contributed by atoms with Crippen LogP contribution in [-0.4, -0.2) is 24.0 Å². The number of pyridine rings is 1. The normalized spacial score (nSPS) is 21.3. The van der Waals surface area contributed by atoms with E-state index in [1.165, 1.54) is 0 Å². The molecule has 1 fully saturated rings. The first-order valence-corrected chi connectivity index (χ1v) is 5.33. The zero-order valence-electron chi connectivity index (χ0n) is 8.90. The number of nitrogens with zero attached hydrogens (tertiary/aromatic N) is 1. The molecule has 2 heterocycles. The highest BCUT2D eigenvalue weighted by Crippen LogP contribution is 2.18. The van der Waals surface area contributed by atoms with Crippen LogP contribution in [0.3, 0.4) is 0 Å². The lowest BCUT2D eigenvalue weighted by atomic mass is 9.95. The fraction of sp³-hybridized carbons (Fsp3) is 0.500. The number of rotatable bonds is 2. The van der Waals surface area contributed by atoms with Gasteiger partial charge in [0, 0.05) is 18.2 Å². The fourth-order valence-corrected chi connectivity index (χ4v) is 1.84. The standard InChI is InChI=1S/C12H15NO2/c1-9-4-2-6-11(13-9)12(14)10-5-3-7-15-8-10/h2,4,6,10H,3,5,7-8H2,1H3. The van der Waals surface area contributed by atoms with Crippen LogP contribution in [0.15, 0.2) is 18.2 Å². The molecule has 15 heavy (non-hydrogen) atoms. The summed E-state index contributed by atoms with van der Waals surface area (Å²) >= 11 is 0. The van der Waals surface area contributed by atoms with Gasteiger partial charge in [0.15, 0.2) is 5.78 Å². The van der Waals surface area contributed by atoms with Gasteiger partial charge in [0.25, 0.3) is 0 Å². The molecule has 2 rings (SSSR count). The number of aryl methyl sites for hydroxylation is 1. The lowest BCUT2D eigenvalue weighted by molar-refractivity contribution is 0.0458. The summed E-state index contributed by atoms with van der Waals surface area (Å²) in [4.78, 5) is 16.3. The predicted molar refractivity (Wildman–Crippen MR) is 56.8 cm³/mol. The van der Waals surface area contributed by atoms with Crippen molar-refractivity contribution in [3.8, 4) is 0 Å². The molecule has 0 bridgehead atoms. The molecule has 1 unspecified atom stereocenters. The summed E-state index contributed by atoms with van der Waals surface area (Å²) in [7, 11) is 0. The van der Waals surface area contributed by atoms with Gasteiger partial charge in [-0.2, -0.15) is 0 Å². The third-order valence-corrected chi connectivity index (χ3v) is 2.67. The minimum absolute atomic E-state index is 0.00745. The number of ketones is 1. The number of hydrogen-bond acceptors (Lipinski definition) is 3. The highest BCUT2D eigenvalue weighted by atomic mass is 16.5. The van der Waals surface area contributed by atoms with Crippen LogP contribution in [0.25, 0.3) is 0 Å². The number of carbonyl (C=O) groups excluding carboxylic acids is 1. The molecule has 1 aliphatic rings. The molecule has 1 aliphatic heterocycles. The summed E-state index contributed by atoms with van der Waals surface area (Å²) in [5.74, 6) is 0.131. The number of ether oxygens (including phenoxy) is 1. The summed E-state index contributed by atoms with van der Waals surface area (Å²) in [6.07, 6.45) is 1.90. The Morgan fingerprint density at radius 1 is 1.53 bits per heavy atom. The van der Waals surface area contributed by atoms with Crippen LogP contribution in [0.5, 0.6) is 0 Å². The maximum absolute atomic E-state index is 12.0. The van der Waals surface area contributed by atoms with Crippen LogP contribution < -0.4 is 0 Å². The molecule has 0 spiro atoms. The van der Waals surface area contributed by atoms with Crippen molar-refractivity contribution in [3.63, 3.8) is 0 Å². The Balaban J connectivity index is 2.12. The average molecular weight is 205 g/mol. The van der Waals surface area contributed by atoms with Gasteiger partial charge < -0.3 is 4.74 Å². The van der Waals surface area contributed by atoms with Gasteiger partial charge in [-0.3, -0.25) is 9.78 Å². The first kappa shape index (κ1) is 10.3. The summed E-state index contributed by atoms with van der Waals surface area (Å²) in [5.41, 5.74) is 1.46. The summed E-state index contributed by atoms with van der Waals surface area (Å²) in [6.45, 7) is 3.23. The second-order valence-corrected chi connectivity index (χ2v) is 3.94. The first-order valence-electron chi connectivity index (χ1n) is 5.33. The van der Waals surface area contributed by atoms with E-state index in [2.05, 4.69) is 4.98 Å². The molecule has 0 radical (unpaired) electrons. The Bertz CT molecular complexity index is 356. The van der Waals surface area contributed by atoms with Crippen molar-refractivity contribution in [1.29, 1.82) is 0 Å². The summed E-state index contributed by atoms with van der Waals surface area (Å²) in [6, 6.07) is 5.55. The molecule has 0 aromatic carbocycles. The van der Waals surface area contributed by atoms with Crippen molar-refractivity contribution in [3.05, 3.63) is 29.6 Å². The quantitative estimate of drug-likeness (QED) is 0.693. The third kappa shape index (κ3) is 2.42. The summed E-state index contributed by atoms with van der Waals surface area (Å²) < 4.78 is 5.31. The van der Waals surface area contributed by atoms with Gasteiger partial charge >= 0.3 is 0 Å². The van der Waals surface area contributed by atoms with Crippen molar-refractivity contribution >= 4 is 5.78 Å². The van der Waals surface area contributed by atoms with E-state index in [9.17, 15) is 4.79 Å². The van der Waals surface area contributed by atoms with Crippen molar-refractivity contribution in [2.24, 2.45) is 5.92 Å². The van der Waals surface area contributed by atoms with E-state index < -0.39 is 0 Å². The third-order valence-electron chi connectivity index (χ3n) is 2.67. The van der Waals surface area contributed by atoms with E-state index in [0.717, 1.165) is 25.1 Å². The lowest BCUT2D eigenvalue weighted by Crippen LogP contribution is -2.26. The smallest absolute Gasteiger partial charge is 0.186 e. The average Bonchev–Trinajstić information content (AvgIpc) is 2.29. The van der Waals surface area contributed by atoms with E-state index in [4.69, 9.17) is 4.74 Å². The number of aromatic nitrogens is 1. The number of hydrogen-bond donors (Lipinski definition) is 0. The molecular weight excluding hydrogens is 190 g/mol. The molecule has 1 aromatic heterocycles. The molecule has 80 valence electrons. The Morgan fingerprint density at radius 2 is 2.40 bits per heavy atom. The van der Waals surface area contributed by atoms with Crippen LogP contribution in [0.4, 0.5) is 0 Å². The maximum atomic E-state index is 12.0. The topological polar surface area (TPSA) is 39.2 Å². The minimum atomic E-state index is 0.00745. The summed E-state index contributed by atoms with van der Waals surface area (Å²) in [5, 5.41) is 0. The number of carbonyl (C=O) groups is 1. The molecule has 1 atom stereocenters. The Hall–Kier alpha value is -1.22. The van der Waals surface area contributed by atoms with Crippen LogP contribution >= 0.6 is 0 Å². The maximum Gasteiger partial charge on any atom is 0.186 e. The Kier molecular flexibility index (Phi) is 3.11. The molecule has 0 N–H and O–H groups in total. The molecule has 1 aromatic rings. The number of Topliss-reactive ketones (excluding diaryl/α,β-unsaturated/α-hetero) is 1. The minimum Gasteiger partial charge on any atom is -0.381 e. The second kappa shape index (κ2) is 4.53. The zero-order chi connectivity index (χ0) is 10.7. The van der Waals surface area contributed by atoms with Crippen LogP contribution in [0.1, 0.15) is 29.0 Å². The Labute approximate surface area is 89.5 Å². The van der Waals surface area contributed by atoms with Gasteiger partial charge in [0.1, 0.15) is 5.69 Å². The second-order valence-electron chi connectivity index (χ2n) is 3.94. The Morgan fingerprint density at radius 3 is 3.07 bits per heavy atom. The first-order chi connectivity index (χ1) is 7.27. The molecule has 0 saturated carbocycles. The van der Waals surface area contributed by atoms with Crippen molar-refractivity contribution < 1.29 is 9.53 Å². The highest BCUT2D eigenvalue weighted by molar-refractivity contribution is 5.96. The molecule has 3 nitrogen and oxygen atoms in total. The monoisotopic (exact) mass is 205 g/mol. The van der Waals surface area contributed by atoms with Gasteiger partial charge in [-0.15, -0.1) is 0 Å². The SMILES string of the molecule is Cc1cccc(C(=O)C2CCCOC2)n1. The molecule has 0 aliphatic carbocycles. The van der Waals surface area contributed by atoms with Gasteiger partial charge in [-0.05, 0) is 31.9 Å². The predicted octanol–water partition coefficient (Wildman–Crippen LogP) is 2.00.